The Labute approximate surface area is 164 Å². The van der Waals surface area contributed by atoms with Crippen molar-refractivity contribution in [3.05, 3.63) is 58.2 Å². The topological polar surface area (TPSA) is 57.4 Å². The molecule has 0 aliphatic heterocycles. The largest absolute Gasteiger partial charge is 0.278 e. The minimum atomic E-state index is -0.274. The van der Waals surface area contributed by atoms with Gasteiger partial charge in [0.25, 0.3) is 0 Å². The Morgan fingerprint density at radius 1 is 1.04 bits per heavy atom. The molecule has 4 nitrogen and oxygen atoms in total. The molecule has 2 heterocycles. The molecule has 0 amide bonds. The molecule has 146 valence electrons. The first kappa shape index (κ1) is 18.7. The first-order valence-electron chi connectivity index (χ1n) is 9.79. The third-order valence-electron chi connectivity index (χ3n) is 5.90. The van der Waals surface area contributed by atoms with Crippen LogP contribution in [0.25, 0.3) is 21.8 Å². The molecule has 0 fully saturated rings. The van der Waals surface area contributed by atoms with Crippen LogP contribution in [0.15, 0.2) is 24.5 Å². The molecule has 4 rings (SSSR count). The Morgan fingerprint density at radius 2 is 1.71 bits per heavy atom. The Balaban J connectivity index is 1.88. The molecule has 0 radical (unpaired) electrons. The van der Waals surface area contributed by atoms with Crippen LogP contribution >= 0.6 is 0 Å². The molecule has 0 aliphatic carbocycles. The van der Waals surface area contributed by atoms with Crippen molar-refractivity contribution in [2.45, 2.75) is 59.3 Å². The average molecular weight is 378 g/mol. The smallest absolute Gasteiger partial charge is 0.128 e. The molecule has 0 atom stereocenters. The second-order valence-corrected chi connectivity index (χ2v) is 8.83. The van der Waals surface area contributed by atoms with Crippen molar-refractivity contribution in [2.75, 3.05) is 0 Å². The molecule has 2 aromatic carbocycles. The van der Waals surface area contributed by atoms with Crippen molar-refractivity contribution < 1.29 is 4.39 Å². The number of aromatic amines is 2. The first-order chi connectivity index (χ1) is 13.2. The fourth-order valence-corrected chi connectivity index (χ4v) is 4.84. The minimum absolute atomic E-state index is 0.195. The normalized spacial score (nSPS) is 12.6. The maximum absolute atomic E-state index is 14.6. The predicted octanol–water partition coefficient (Wildman–Crippen LogP) is 5.84. The van der Waals surface area contributed by atoms with Gasteiger partial charge in [-0.25, -0.2) is 4.39 Å². The number of benzene rings is 2. The molecule has 0 saturated heterocycles. The lowest BCUT2D eigenvalue weighted by atomic mass is 9.74. The Morgan fingerprint density at radius 3 is 2.43 bits per heavy atom. The summed E-state index contributed by atoms with van der Waals surface area (Å²) in [6, 6.07) is 3.81. The van der Waals surface area contributed by atoms with E-state index in [4.69, 9.17) is 0 Å². The Bertz CT molecular complexity index is 1180. The second-order valence-electron chi connectivity index (χ2n) is 8.83. The SMILES string of the molecule is Cc1cc(CC(C)(C)c2c(C)c(F)cc3[nH]ncc23)c2cn[nH]c2c1C(C)C. The van der Waals surface area contributed by atoms with Crippen molar-refractivity contribution in [1.29, 1.82) is 0 Å². The lowest BCUT2D eigenvalue weighted by Gasteiger charge is -2.29. The maximum atomic E-state index is 14.6. The zero-order valence-corrected chi connectivity index (χ0v) is 17.4. The first-order valence-corrected chi connectivity index (χ1v) is 9.79. The van der Waals surface area contributed by atoms with E-state index in [1.165, 1.54) is 22.8 Å². The van der Waals surface area contributed by atoms with Gasteiger partial charge in [0, 0.05) is 10.8 Å². The summed E-state index contributed by atoms with van der Waals surface area (Å²) < 4.78 is 14.6. The molecular weight excluding hydrogens is 351 g/mol. The van der Waals surface area contributed by atoms with Gasteiger partial charge in [-0.05, 0) is 65.5 Å². The van der Waals surface area contributed by atoms with Crippen molar-refractivity contribution in [3.8, 4) is 0 Å². The molecule has 2 aromatic heterocycles. The molecule has 5 heteroatoms. The number of fused-ring (bicyclic) bond motifs is 2. The van der Waals surface area contributed by atoms with Gasteiger partial charge in [0.15, 0.2) is 0 Å². The summed E-state index contributed by atoms with van der Waals surface area (Å²) in [5.74, 6) is 0.223. The summed E-state index contributed by atoms with van der Waals surface area (Å²) in [5.41, 5.74) is 7.10. The van der Waals surface area contributed by atoms with Crippen molar-refractivity contribution in [1.82, 2.24) is 20.4 Å². The fourth-order valence-electron chi connectivity index (χ4n) is 4.84. The molecule has 0 aliphatic rings. The number of hydrogen-bond donors (Lipinski definition) is 2. The highest BCUT2D eigenvalue weighted by Gasteiger charge is 2.29. The van der Waals surface area contributed by atoms with E-state index in [2.05, 4.69) is 61.1 Å². The van der Waals surface area contributed by atoms with Crippen LogP contribution in [0.1, 0.15) is 61.4 Å². The van der Waals surface area contributed by atoms with Crippen LogP contribution in [0, 0.1) is 19.7 Å². The van der Waals surface area contributed by atoms with Gasteiger partial charge in [0.05, 0.1) is 23.4 Å². The van der Waals surface area contributed by atoms with Gasteiger partial charge < -0.3 is 0 Å². The maximum Gasteiger partial charge on any atom is 0.128 e. The van der Waals surface area contributed by atoms with E-state index in [-0.39, 0.29) is 11.2 Å². The summed E-state index contributed by atoms with van der Waals surface area (Å²) in [7, 11) is 0. The van der Waals surface area contributed by atoms with Gasteiger partial charge in [-0.1, -0.05) is 33.8 Å². The van der Waals surface area contributed by atoms with E-state index < -0.39 is 0 Å². The Kier molecular flexibility index (Phi) is 4.29. The van der Waals surface area contributed by atoms with Crippen LogP contribution in [-0.2, 0) is 11.8 Å². The van der Waals surface area contributed by atoms with Gasteiger partial charge in [-0.3, -0.25) is 10.2 Å². The molecule has 0 saturated carbocycles. The van der Waals surface area contributed by atoms with Gasteiger partial charge in [-0.15, -0.1) is 0 Å². The standard InChI is InChI=1S/C23H27FN4/c1-12(2)20-13(3)7-15(16-10-26-28-22(16)20)9-23(5,6)21-14(4)18(24)8-19-17(21)11-25-27-19/h7-8,10-12H,9H2,1-6H3,(H,25,27)(H,26,28). The summed E-state index contributed by atoms with van der Waals surface area (Å²) in [4.78, 5) is 0. The van der Waals surface area contributed by atoms with Crippen LogP contribution in [0.3, 0.4) is 0 Å². The number of rotatable bonds is 4. The number of nitrogens with zero attached hydrogens (tertiary/aromatic N) is 2. The van der Waals surface area contributed by atoms with Gasteiger partial charge in [-0.2, -0.15) is 10.2 Å². The lowest BCUT2D eigenvalue weighted by molar-refractivity contribution is 0.516. The van der Waals surface area contributed by atoms with Crippen LogP contribution in [0.4, 0.5) is 4.39 Å². The third-order valence-corrected chi connectivity index (χ3v) is 5.90. The van der Waals surface area contributed by atoms with Crippen molar-refractivity contribution >= 4 is 21.8 Å². The van der Waals surface area contributed by atoms with Crippen molar-refractivity contribution in [2.24, 2.45) is 0 Å². The molecule has 28 heavy (non-hydrogen) atoms. The average Bonchev–Trinajstić information content (AvgIpc) is 3.23. The minimum Gasteiger partial charge on any atom is -0.278 e. The number of halogens is 1. The molecule has 4 aromatic rings. The molecular formula is C23H27FN4. The predicted molar refractivity (Wildman–Crippen MR) is 112 cm³/mol. The highest BCUT2D eigenvalue weighted by atomic mass is 19.1. The summed E-state index contributed by atoms with van der Waals surface area (Å²) in [5, 5.41) is 16.7. The molecule has 0 spiro atoms. The summed E-state index contributed by atoms with van der Waals surface area (Å²) >= 11 is 0. The number of aromatic nitrogens is 4. The Hall–Kier alpha value is -2.69. The van der Waals surface area contributed by atoms with Crippen LogP contribution in [0.2, 0.25) is 0 Å². The van der Waals surface area contributed by atoms with Gasteiger partial charge in [0.2, 0.25) is 0 Å². The highest BCUT2D eigenvalue weighted by molar-refractivity contribution is 5.87. The van der Waals surface area contributed by atoms with Crippen molar-refractivity contribution in [3.63, 3.8) is 0 Å². The van der Waals surface area contributed by atoms with Gasteiger partial charge >= 0.3 is 0 Å². The summed E-state index contributed by atoms with van der Waals surface area (Å²) in [6.07, 6.45) is 4.50. The molecule has 0 unspecified atom stereocenters. The number of nitrogens with one attached hydrogen (secondary N) is 2. The van der Waals surface area contributed by atoms with Gasteiger partial charge in [0.1, 0.15) is 5.82 Å². The summed E-state index contributed by atoms with van der Waals surface area (Å²) in [6.45, 7) is 12.8. The molecule has 2 N–H and O–H groups in total. The van der Waals surface area contributed by atoms with E-state index in [9.17, 15) is 4.39 Å². The number of hydrogen-bond acceptors (Lipinski definition) is 2. The van der Waals surface area contributed by atoms with Crippen LogP contribution < -0.4 is 0 Å². The third kappa shape index (κ3) is 2.81. The van der Waals surface area contributed by atoms with E-state index in [0.29, 0.717) is 11.5 Å². The number of aryl methyl sites for hydroxylation is 1. The number of H-pyrrole nitrogens is 2. The van der Waals surface area contributed by atoms with E-state index >= 15 is 0 Å². The monoisotopic (exact) mass is 378 g/mol. The zero-order valence-electron chi connectivity index (χ0n) is 17.4. The fraction of sp³-hybridized carbons (Fsp3) is 0.391. The van der Waals surface area contributed by atoms with Crippen LogP contribution in [-0.4, -0.2) is 20.4 Å². The lowest BCUT2D eigenvalue weighted by Crippen LogP contribution is -2.23. The van der Waals surface area contributed by atoms with E-state index in [1.807, 2.05) is 13.1 Å². The van der Waals surface area contributed by atoms with E-state index in [0.717, 1.165) is 33.8 Å². The molecule has 0 bridgehead atoms. The quantitative estimate of drug-likeness (QED) is 0.469. The van der Waals surface area contributed by atoms with Crippen LogP contribution in [0.5, 0.6) is 0 Å². The second kappa shape index (κ2) is 6.43. The highest BCUT2D eigenvalue weighted by Crippen LogP contribution is 2.39. The van der Waals surface area contributed by atoms with E-state index in [1.54, 1.807) is 6.20 Å². The zero-order chi connectivity index (χ0) is 20.2.